The van der Waals surface area contributed by atoms with E-state index in [9.17, 15) is 9.18 Å². The number of rotatable bonds is 7. The maximum Gasteiger partial charge on any atom is 0.253 e. The molecule has 35 heavy (non-hydrogen) atoms. The Bertz CT molecular complexity index is 1400. The highest BCUT2D eigenvalue weighted by molar-refractivity contribution is 7.80. The fraction of sp³-hybridized carbons (Fsp3) is 0.185. The number of benzene rings is 3. The molecular weight excluding hydrogens is 465 g/mol. The van der Waals surface area contributed by atoms with Crippen LogP contribution in [0.3, 0.4) is 0 Å². The standard InChI is InChI=1S/C27H26FN3O3S/c1-17-4-10-22(11-5-17)29-27(35)31(15-18-6-8-21(28)9-7-18)16-20-12-19-13-24(33-2)25(34-3)14-23(19)30-26(20)32/h4-14H,15-16H2,1-3H3,(H,29,35)(H,30,32). The number of hydrogen-bond acceptors (Lipinski definition) is 4. The van der Waals surface area contributed by atoms with E-state index < -0.39 is 0 Å². The van der Waals surface area contributed by atoms with Crippen LogP contribution in [0.1, 0.15) is 16.7 Å². The predicted molar refractivity (Wildman–Crippen MR) is 141 cm³/mol. The molecule has 180 valence electrons. The van der Waals surface area contributed by atoms with E-state index >= 15 is 0 Å². The van der Waals surface area contributed by atoms with Crippen molar-refractivity contribution in [2.24, 2.45) is 0 Å². The number of methoxy groups -OCH3 is 2. The molecule has 0 fully saturated rings. The van der Waals surface area contributed by atoms with Crippen molar-refractivity contribution in [1.29, 1.82) is 0 Å². The molecule has 2 N–H and O–H groups in total. The summed E-state index contributed by atoms with van der Waals surface area (Å²) in [6, 6.07) is 19.5. The molecule has 3 aromatic carbocycles. The minimum absolute atomic E-state index is 0.230. The number of aryl methyl sites for hydroxylation is 1. The van der Waals surface area contributed by atoms with Gasteiger partial charge >= 0.3 is 0 Å². The van der Waals surface area contributed by atoms with Gasteiger partial charge in [0.1, 0.15) is 5.82 Å². The van der Waals surface area contributed by atoms with E-state index in [0.29, 0.717) is 34.2 Å². The van der Waals surface area contributed by atoms with Crippen molar-refractivity contribution in [3.05, 3.63) is 99.6 Å². The van der Waals surface area contributed by atoms with Crippen molar-refractivity contribution in [3.63, 3.8) is 0 Å². The van der Waals surface area contributed by atoms with Crippen molar-refractivity contribution >= 4 is 33.9 Å². The zero-order valence-corrected chi connectivity index (χ0v) is 20.5. The molecule has 4 aromatic rings. The monoisotopic (exact) mass is 491 g/mol. The van der Waals surface area contributed by atoms with E-state index in [0.717, 1.165) is 22.2 Å². The second-order valence-electron chi connectivity index (χ2n) is 8.20. The molecule has 1 aromatic heterocycles. The molecule has 4 rings (SSSR count). The number of fused-ring (bicyclic) bond motifs is 1. The molecule has 0 unspecified atom stereocenters. The van der Waals surface area contributed by atoms with Crippen LogP contribution in [-0.4, -0.2) is 29.2 Å². The lowest BCUT2D eigenvalue weighted by Gasteiger charge is -2.26. The van der Waals surface area contributed by atoms with Crippen LogP contribution in [0.4, 0.5) is 10.1 Å². The highest BCUT2D eigenvalue weighted by Crippen LogP contribution is 2.31. The maximum absolute atomic E-state index is 13.5. The summed E-state index contributed by atoms with van der Waals surface area (Å²) < 4.78 is 24.2. The number of aromatic nitrogens is 1. The number of aromatic amines is 1. The molecule has 0 atom stereocenters. The molecule has 0 aliphatic heterocycles. The van der Waals surface area contributed by atoms with E-state index in [1.54, 1.807) is 32.4 Å². The van der Waals surface area contributed by atoms with Gasteiger partial charge in [-0.05, 0) is 61.1 Å². The lowest BCUT2D eigenvalue weighted by atomic mass is 10.1. The van der Waals surface area contributed by atoms with Gasteiger partial charge in [0, 0.05) is 29.2 Å². The summed E-state index contributed by atoms with van der Waals surface area (Å²) in [6.07, 6.45) is 0. The highest BCUT2D eigenvalue weighted by atomic mass is 32.1. The van der Waals surface area contributed by atoms with Gasteiger partial charge in [0.15, 0.2) is 16.6 Å². The molecule has 0 radical (unpaired) electrons. The van der Waals surface area contributed by atoms with Crippen molar-refractivity contribution in [1.82, 2.24) is 9.88 Å². The lowest BCUT2D eigenvalue weighted by Crippen LogP contribution is -2.35. The van der Waals surface area contributed by atoms with Gasteiger partial charge in [0.25, 0.3) is 5.56 Å². The molecule has 0 saturated carbocycles. The number of thiocarbonyl (C=S) groups is 1. The van der Waals surface area contributed by atoms with Crippen LogP contribution in [0.5, 0.6) is 11.5 Å². The van der Waals surface area contributed by atoms with Gasteiger partial charge in [-0.2, -0.15) is 0 Å². The number of hydrogen-bond donors (Lipinski definition) is 2. The summed E-state index contributed by atoms with van der Waals surface area (Å²) in [6.45, 7) is 2.65. The fourth-order valence-electron chi connectivity index (χ4n) is 3.75. The molecular formula is C27H26FN3O3S. The van der Waals surface area contributed by atoms with Gasteiger partial charge < -0.3 is 24.7 Å². The number of nitrogens with zero attached hydrogens (tertiary/aromatic N) is 1. The second-order valence-corrected chi connectivity index (χ2v) is 8.58. The Morgan fingerprint density at radius 2 is 1.63 bits per heavy atom. The minimum atomic E-state index is -0.309. The zero-order chi connectivity index (χ0) is 24.9. The average Bonchev–Trinajstić information content (AvgIpc) is 2.85. The Morgan fingerprint density at radius 1 is 0.971 bits per heavy atom. The quantitative estimate of drug-likeness (QED) is 0.338. The largest absolute Gasteiger partial charge is 0.493 e. The molecule has 8 heteroatoms. The number of pyridine rings is 1. The topological polar surface area (TPSA) is 66.6 Å². The third-order valence-electron chi connectivity index (χ3n) is 5.66. The van der Waals surface area contributed by atoms with Crippen LogP contribution in [0.15, 0.2) is 71.5 Å². The van der Waals surface area contributed by atoms with Crippen molar-refractivity contribution in [2.45, 2.75) is 20.0 Å². The highest BCUT2D eigenvalue weighted by Gasteiger charge is 2.16. The molecule has 0 saturated heterocycles. The molecule has 0 aliphatic carbocycles. The summed E-state index contributed by atoms with van der Waals surface area (Å²) >= 11 is 5.72. The van der Waals surface area contributed by atoms with Gasteiger partial charge in [-0.3, -0.25) is 4.79 Å². The van der Waals surface area contributed by atoms with Gasteiger partial charge in [-0.1, -0.05) is 29.8 Å². The third-order valence-corrected chi connectivity index (χ3v) is 6.02. The molecule has 0 spiro atoms. The predicted octanol–water partition coefficient (Wildman–Crippen LogP) is 5.39. The lowest BCUT2D eigenvalue weighted by molar-refractivity contribution is 0.355. The Balaban J connectivity index is 1.67. The fourth-order valence-corrected chi connectivity index (χ4v) is 4.00. The normalized spacial score (nSPS) is 10.7. The van der Waals surface area contributed by atoms with Crippen LogP contribution in [0.25, 0.3) is 10.9 Å². The van der Waals surface area contributed by atoms with E-state index in [2.05, 4.69) is 10.3 Å². The van der Waals surface area contributed by atoms with Crippen molar-refractivity contribution < 1.29 is 13.9 Å². The first kappa shape index (κ1) is 24.2. The SMILES string of the molecule is COc1cc2cc(CN(Cc3ccc(F)cc3)C(=S)Nc3ccc(C)cc3)c(=O)[nH]c2cc1OC. The number of anilines is 1. The van der Waals surface area contributed by atoms with Crippen LogP contribution in [0.2, 0.25) is 0 Å². The number of H-pyrrole nitrogens is 1. The first-order valence-corrected chi connectivity index (χ1v) is 11.4. The Kier molecular flexibility index (Phi) is 7.31. The molecule has 0 bridgehead atoms. The smallest absolute Gasteiger partial charge is 0.253 e. The summed E-state index contributed by atoms with van der Waals surface area (Å²) in [4.78, 5) is 17.8. The first-order valence-electron chi connectivity index (χ1n) is 11.0. The molecule has 1 heterocycles. The van der Waals surface area contributed by atoms with Gasteiger partial charge in [0.2, 0.25) is 0 Å². The molecule has 0 aliphatic rings. The number of nitrogens with one attached hydrogen (secondary N) is 2. The summed E-state index contributed by atoms with van der Waals surface area (Å²) in [7, 11) is 3.11. The van der Waals surface area contributed by atoms with E-state index in [4.69, 9.17) is 21.7 Å². The van der Waals surface area contributed by atoms with Crippen LogP contribution < -0.4 is 20.3 Å². The number of ether oxygens (including phenoxy) is 2. The Labute approximate surface area is 208 Å². The van der Waals surface area contributed by atoms with Gasteiger partial charge in [-0.15, -0.1) is 0 Å². The first-order chi connectivity index (χ1) is 16.9. The number of halogens is 1. The van der Waals surface area contributed by atoms with Crippen LogP contribution >= 0.6 is 12.2 Å². The minimum Gasteiger partial charge on any atom is -0.493 e. The van der Waals surface area contributed by atoms with Gasteiger partial charge in [0.05, 0.1) is 26.3 Å². The molecule has 6 nitrogen and oxygen atoms in total. The van der Waals surface area contributed by atoms with Crippen LogP contribution in [-0.2, 0) is 13.1 Å². The summed E-state index contributed by atoms with van der Waals surface area (Å²) in [5, 5.41) is 4.50. The van der Waals surface area contributed by atoms with E-state index in [-0.39, 0.29) is 17.9 Å². The van der Waals surface area contributed by atoms with Crippen molar-refractivity contribution in [3.8, 4) is 11.5 Å². The maximum atomic E-state index is 13.5. The van der Waals surface area contributed by atoms with Crippen LogP contribution in [0, 0.1) is 12.7 Å². The van der Waals surface area contributed by atoms with E-state index in [1.165, 1.54) is 12.1 Å². The average molecular weight is 492 g/mol. The van der Waals surface area contributed by atoms with Gasteiger partial charge in [-0.25, -0.2) is 4.39 Å². The Morgan fingerprint density at radius 3 is 2.29 bits per heavy atom. The van der Waals surface area contributed by atoms with E-state index in [1.807, 2.05) is 48.2 Å². The van der Waals surface area contributed by atoms with Crippen molar-refractivity contribution in [2.75, 3.05) is 19.5 Å². The Hall–Kier alpha value is -3.91. The summed E-state index contributed by atoms with van der Waals surface area (Å²) in [5.41, 5.74) is 3.78. The third kappa shape index (κ3) is 5.78. The zero-order valence-electron chi connectivity index (χ0n) is 19.7. The molecule has 0 amide bonds. The summed E-state index contributed by atoms with van der Waals surface area (Å²) in [5.74, 6) is 0.790. The second kappa shape index (κ2) is 10.6.